The van der Waals surface area contributed by atoms with Gasteiger partial charge in [0.15, 0.2) is 9.84 Å². The van der Waals surface area contributed by atoms with Crippen LogP contribution >= 0.6 is 0 Å². The highest BCUT2D eigenvalue weighted by Gasteiger charge is 2.16. The van der Waals surface area contributed by atoms with E-state index >= 15 is 0 Å². The van der Waals surface area contributed by atoms with Crippen molar-refractivity contribution in [2.45, 2.75) is 19.4 Å². The third kappa shape index (κ3) is 5.93. The first-order valence-corrected chi connectivity index (χ1v) is 6.18. The normalized spacial score (nSPS) is 13.6. The molecule has 0 saturated carbocycles. The number of esters is 1. The molecule has 5 nitrogen and oxygen atoms in total. The lowest BCUT2D eigenvalue weighted by Gasteiger charge is -2.09. The van der Waals surface area contributed by atoms with Crippen molar-refractivity contribution < 1.29 is 17.9 Å². The summed E-state index contributed by atoms with van der Waals surface area (Å²) in [6.45, 7) is 1.77. The van der Waals surface area contributed by atoms with Gasteiger partial charge < -0.3 is 10.1 Å². The van der Waals surface area contributed by atoms with Crippen LogP contribution in [-0.4, -0.2) is 46.1 Å². The predicted molar refractivity (Wildman–Crippen MR) is 53.8 cm³/mol. The maximum absolute atomic E-state index is 11.4. The zero-order valence-corrected chi connectivity index (χ0v) is 9.56. The van der Waals surface area contributed by atoms with Crippen molar-refractivity contribution in [2.24, 2.45) is 0 Å². The molecule has 0 spiro atoms. The largest absolute Gasteiger partial charge is 0.469 e. The van der Waals surface area contributed by atoms with Gasteiger partial charge in [0.2, 0.25) is 0 Å². The molecule has 84 valence electrons. The van der Waals surface area contributed by atoms with E-state index < -0.39 is 15.8 Å². The van der Waals surface area contributed by atoms with Crippen LogP contribution in [0.2, 0.25) is 0 Å². The lowest BCUT2D eigenvalue weighted by atomic mass is 10.4. The van der Waals surface area contributed by atoms with Crippen LogP contribution in [0.3, 0.4) is 0 Å². The van der Waals surface area contributed by atoms with E-state index in [9.17, 15) is 13.2 Å². The third-order valence-corrected chi connectivity index (χ3v) is 3.68. The molecule has 0 aromatic rings. The lowest BCUT2D eigenvalue weighted by Crippen LogP contribution is -2.31. The maximum atomic E-state index is 11.4. The number of nitrogens with one attached hydrogen (secondary N) is 1. The number of carbonyl (C=O) groups is 1. The van der Waals surface area contributed by atoms with Crippen molar-refractivity contribution in [3.63, 3.8) is 0 Å². The van der Waals surface area contributed by atoms with Crippen LogP contribution < -0.4 is 5.32 Å². The fraction of sp³-hybridized carbons (Fsp3) is 0.875. The molecule has 14 heavy (non-hydrogen) atoms. The summed E-state index contributed by atoms with van der Waals surface area (Å²) in [7, 11) is -0.225. The average molecular weight is 223 g/mol. The summed E-state index contributed by atoms with van der Waals surface area (Å²) in [6, 6.07) is -0.0994. The Hall–Kier alpha value is -0.620. The van der Waals surface area contributed by atoms with E-state index in [0.29, 0.717) is 0 Å². The molecule has 1 atom stereocenters. The summed E-state index contributed by atoms with van der Waals surface area (Å²) in [5.74, 6) is -0.600. The Labute approximate surface area is 84.7 Å². The molecule has 0 fully saturated rings. The molecule has 0 aromatic heterocycles. The molecule has 0 rings (SSSR count). The first-order chi connectivity index (χ1) is 6.41. The molecular formula is C8H17NO4S. The minimum atomic E-state index is -3.16. The molecular weight excluding hydrogens is 206 g/mol. The summed E-state index contributed by atoms with van der Waals surface area (Å²) in [4.78, 5) is 10.7. The predicted octanol–water partition coefficient (Wildman–Crippen LogP) is -0.428. The maximum Gasteiger partial charge on any atom is 0.306 e. The molecule has 0 aliphatic heterocycles. The smallest absolute Gasteiger partial charge is 0.306 e. The fourth-order valence-electron chi connectivity index (χ4n) is 0.888. The molecule has 0 heterocycles. The number of hydrogen-bond donors (Lipinski definition) is 1. The van der Waals surface area contributed by atoms with E-state index in [2.05, 4.69) is 10.1 Å². The van der Waals surface area contributed by atoms with Gasteiger partial charge in [-0.25, -0.2) is 8.42 Å². The molecule has 0 aromatic carbocycles. The second kappa shape index (κ2) is 5.98. The topological polar surface area (TPSA) is 72.5 Å². The van der Waals surface area contributed by atoms with E-state index in [1.165, 1.54) is 7.11 Å². The highest BCUT2D eigenvalue weighted by molar-refractivity contribution is 7.91. The van der Waals surface area contributed by atoms with Crippen molar-refractivity contribution in [3.05, 3.63) is 0 Å². The van der Waals surface area contributed by atoms with Crippen molar-refractivity contribution in [1.29, 1.82) is 0 Å². The highest BCUT2D eigenvalue weighted by atomic mass is 32.2. The van der Waals surface area contributed by atoms with E-state index in [0.717, 1.165) is 0 Å². The van der Waals surface area contributed by atoms with Crippen LogP contribution in [-0.2, 0) is 19.4 Å². The summed E-state index contributed by atoms with van der Waals surface area (Å²) < 4.78 is 27.1. The van der Waals surface area contributed by atoms with Gasteiger partial charge in [-0.2, -0.15) is 0 Å². The molecule has 0 bridgehead atoms. The summed E-state index contributed by atoms with van der Waals surface area (Å²) in [6.07, 6.45) is -0.0741. The summed E-state index contributed by atoms with van der Waals surface area (Å²) in [5.41, 5.74) is 0. The van der Waals surface area contributed by atoms with E-state index in [1.807, 2.05) is 0 Å². The van der Waals surface area contributed by atoms with Crippen LogP contribution in [0, 0.1) is 0 Å². The van der Waals surface area contributed by atoms with Gasteiger partial charge in [-0.15, -0.1) is 0 Å². The second-order valence-corrected chi connectivity index (χ2v) is 5.36. The zero-order valence-electron chi connectivity index (χ0n) is 8.74. The van der Waals surface area contributed by atoms with Crippen molar-refractivity contribution in [2.75, 3.05) is 25.7 Å². The van der Waals surface area contributed by atoms with Crippen LogP contribution in [0.15, 0.2) is 0 Å². The minimum absolute atomic E-state index is 0.0422. The molecule has 0 saturated heterocycles. The van der Waals surface area contributed by atoms with E-state index in [1.54, 1.807) is 14.0 Å². The van der Waals surface area contributed by atoms with Gasteiger partial charge in [0.1, 0.15) is 0 Å². The Morgan fingerprint density at radius 2 is 2.07 bits per heavy atom. The minimum Gasteiger partial charge on any atom is -0.469 e. The number of methoxy groups -OCH3 is 1. The van der Waals surface area contributed by atoms with Crippen molar-refractivity contribution >= 4 is 15.8 Å². The Bertz CT molecular complexity index is 273. The van der Waals surface area contributed by atoms with Crippen LogP contribution in [0.25, 0.3) is 0 Å². The summed E-state index contributed by atoms with van der Waals surface area (Å²) in [5, 5.41) is 2.83. The number of rotatable bonds is 6. The standard InChI is InChI=1S/C8H17NO4S/c1-7(9-2)6-14(11,12)5-4-8(10)13-3/h7,9H,4-6H2,1-3H3. The third-order valence-electron chi connectivity index (χ3n) is 1.84. The van der Waals surface area contributed by atoms with Crippen LogP contribution in [0.1, 0.15) is 13.3 Å². The van der Waals surface area contributed by atoms with Gasteiger partial charge in [-0.3, -0.25) is 4.79 Å². The number of sulfone groups is 1. The Balaban J connectivity index is 4.02. The van der Waals surface area contributed by atoms with Crippen molar-refractivity contribution in [3.8, 4) is 0 Å². The SMILES string of the molecule is CNC(C)CS(=O)(=O)CCC(=O)OC. The lowest BCUT2D eigenvalue weighted by molar-refractivity contribution is -0.140. The first kappa shape index (κ1) is 13.4. The number of carbonyl (C=O) groups excluding carboxylic acids is 1. The molecule has 0 radical (unpaired) electrons. The van der Waals surface area contributed by atoms with Gasteiger partial charge in [-0.1, -0.05) is 0 Å². The van der Waals surface area contributed by atoms with Crippen LogP contribution in [0.5, 0.6) is 0 Å². The van der Waals surface area contributed by atoms with Gasteiger partial charge in [0.25, 0.3) is 0 Å². The summed E-state index contributed by atoms with van der Waals surface area (Å²) >= 11 is 0. The molecule has 6 heteroatoms. The number of ether oxygens (including phenoxy) is 1. The average Bonchev–Trinajstić information content (AvgIpc) is 2.13. The Morgan fingerprint density at radius 1 is 1.50 bits per heavy atom. The zero-order chi connectivity index (χ0) is 11.2. The Kier molecular flexibility index (Phi) is 5.71. The van der Waals surface area contributed by atoms with Gasteiger partial charge in [0.05, 0.1) is 25.0 Å². The highest BCUT2D eigenvalue weighted by Crippen LogP contribution is 1.98. The van der Waals surface area contributed by atoms with Crippen molar-refractivity contribution in [1.82, 2.24) is 5.32 Å². The second-order valence-electron chi connectivity index (χ2n) is 3.13. The van der Waals surface area contributed by atoms with Crippen LogP contribution in [0.4, 0.5) is 0 Å². The monoisotopic (exact) mass is 223 g/mol. The van der Waals surface area contributed by atoms with E-state index in [-0.39, 0.29) is 24.0 Å². The van der Waals surface area contributed by atoms with E-state index in [4.69, 9.17) is 0 Å². The molecule has 0 aliphatic carbocycles. The van der Waals surface area contributed by atoms with Gasteiger partial charge in [-0.05, 0) is 14.0 Å². The van der Waals surface area contributed by atoms with Gasteiger partial charge in [0, 0.05) is 6.04 Å². The first-order valence-electron chi connectivity index (χ1n) is 4.36. The molecule has 0 amide bonds. The number of hydrogen-bond acceptors (Lipinski definition) is 5. The molecule has 1 unspecified atom stereocenters. The van der Waals surface area contributed by atoms with Gasteiger partial charge >= 0.3 is 5.97 Å². The quantitative estimate of drug-likeness (QED) is 0.619. The molecule has 1 N–H and O–H groups in total. The Morgan fingerprint density at radius 3 is 2.50 bits per heavy atom. The molecule has 0 aliphatic rings. The fourth-order valence-corrected chi connectivity index (χ4v) is 2.46.